The van der Waals surface area contributed by atoms with E-state index in [1.54, 1.807) is 5.57 Å². The van der Waals surface area contributed by atoms with Gasteiger partial charge in [0.25, 0.3) is 0 Å². The number of allylic oxidation sites excluding steroid dienone is 1. The molecular weight excluding hydrogens is 156 g/mol. The molecular formula is C13H22. The standard InChI is InChI=1S/C13H22/c1-8(2)11-6-10-7-12(11)9(3)13(10,4)5/h8,10-12H,3,6-7H2,1-2,4-5H3. The Bertz CT molecular complexity index is 234. The monoisotopic (exact) mass is 178 g/mol. The fourth-order valence-corrected chi connectivity index (χ4v) is 3.54. The maximum absolute atomic E-state index is 4.32. The van der Waals surface area contributed by atoms with E-state index in [0.717, 1.165) is 23.7 Å². The Hall–Kier alpha value is -0.260. The Morgan fingerprint density at radius 1 is 1.31 bits per heavy atom. The van der Waals surface area contributed by atoms with Crippen LogP contribution in [0.3, 0.4) is 0 Å². The first-order valence-electron chi connectivity index (χ1n) is 5.64. The van der Waals surface area contributed by atoms with Crippen molar-refractivity contribution in [3.8, 4) is 0 Å². The maximum atomic E-state index is 4.32. The molecule has 2 fully saturated rings. The lowest BCUT2D eigenvalue weighted by Crippen LogP contribution is -2.29. The average Bonchev–Trinajstić information content (AvgIpc) is 2.52. The summed E-state index contributed by atoms with van der Waals surface area (Å²) >= 11 is 0. The van der Waals surface area contributed by atoms with Gasteiger partial charge in [0.15, 0.2) is 0 Å². The minimum Gasteiger partial charge on any atom is -0.0990 e. The lowest BCUT2D eigenvalue weighted by molar-refractivity contribution is 0.212. The van der Waals surface area contributed by atoms with Gasteiger partial charge >= 0.3 is 0 Å². The molecule has 0 saturated heterocycles. The van der Waals surface area contributed by atoms with Crippen LogP contribution in [0.4, 0.5) is 0 Å². The predicted molar refractivity (Wildman–Crippen MR) is 57.5 cm³/mol. The van der Waals surface area contributed by atoms with E-state index in [-0.39, 0.29) is 0 Å². The van der Waals surface area contributed by atoms with Gasteiger partial charge in [-0.15, -0.1) is 0 Å². The third-order valence-corrected chi connectivity index (χ3v) is 4.76. The summed E-state index contributed by atoms with van der Waals surface area (Å²) in [6.45, 7) is 13.8. The molecule has 0 aliphatic heterocycles. The number of hydrogen-bond acceptors (Lipinski definition) is 0. The van der Waals surface area contributed by atoms with Crippen LogP contribution in [0.25, 0.3) is 0 Å². The molecule has 2 saturated carbocycles. The third-order valence-electron chi connectivity index (χ3n) is 4.76. The summed E-state index contributed by atoms with van der Waals surface area (Å²) in [5.41, 5.74) is 1.98. The van der Waals surface area contributed by atoms with Crippen molar-refractivity contribution in [1.82, 2.24) is 0 Å². The van der Waals surface area contributed by atoms with Gasteiger partial charge in [-0.05, 0) is 41.9 Å². The minimum atomic E-state index is 0.441. The van der Waals surface area contributed by atoms with Crippen molar-refractivity contribution in [3.05, 3.63) is 12.2 Å². The van der Waals surface area contributed by atoms with Crippen LogP contribution in [0.1, 0.15) is 40.5 Å². The fourth-order valence-electron chi connectivity index (χ4n) is 3.54. The van der Waals surface area contributed by atoms with E-state index in [1.807, 2.05) is 0 Å². The zero-order valence-electron chi connectivity index (χ0n) is 9.43. The van der Waals surface area contributed by atoms with Gasteiger partial charge in [0.05, 0.1) is 0 Å². The highest BCUT2D eigenvalue weighted by molar-refractivity contribution is 5.24. The summed E-state index contributed by atoms with van der Waals surface area (Å²) in [5, 5.41) is 0. The second kappa shape index (κ2) is 2.62. The van der Waals surface area contributed by atoms with E-state index in [0.29, 0.717) is 5.41 Å². The molecule has 2 aliphatic carbocycles. The summed E-state index contributed by atoms with van der Waals surface area (Å²) in [6, 6.07) is 0. The van der Waals surface area contributed by atoms with Crippen molar-refractivity contribution in [2.45, 2.75) is 40.5 Å². The molecule has 0 heterocycles. The molecule has 0 N–H and O–H groups in total. The second-order valence-electron chi connectivity index (χ2n) is 5.93. The van der Waals surface area contributed by atoms with E-state index in [1.165, 1.54) is 12.8 Å². The van der Waals surface area contributed by atoms with Crippen LogP contribution in [-0.2, 0) is 0 Å². The topological polar surface area (TPSA) is 0 Å². The van der Waals surface area contributed by atoms with Crippen LogP contribution < -0.4 is 0 Å². The van der Waals surface area contributed by atoms with Crippen molar-refractivity contribution >= 4 is 0 Å². The minimum absolute atomic E-state index is 0.441. The van der Waals surface area contributed by atoms with E-state index in [4.69, 9.17) is 0 Å². The molecule has 0 aromatic rings. The molecule has 2 rings (SSSR count). The molecule has 0 amide bonds. The molecule has 13 heavy (non-hydrogen) atoms. The van der Waals surface area contributed by atoms with Crippen LogP contribution in [0, 0.1) is 29.1 Å². The molecule has 0 aromatic carbocycles. The molecule has 2 bridgehead atoms. The molecule has 0 spiro atoms. The van der Waals surface area contributed by atoms with Gasteiger partial charge in [-0.3, -0.25) is 0 Å². The Labute approximate surface area is 82.4 Å². The second-order valence-corrected chi connectivity index (χ2v) is 5.93. The largest absolute Gasteiger partial charge is 0.0990 e. The molecule has 74 valence electrons. The van der Waals surface area contributed by atoms with Crippen LogP contribution in [-0.4, -0.2) is 0 Å². The smallest absolute Gasteiger partial charge is 0.0116 e. The number of hydrogen-bond donors (Lipinski definition) is 0. The van der Waals surface area contributed by atoms with Gasteiger partial charge in [0.2, 0.25) is 0 Å². The highest BCUT2D eigenvalue weighted by atomic mass is 14.6. The van der Waals surface area contributed by atoms with Crippen LogP contribution in [0.15, 0.2) is 12.2 Å². The van der Waals surface area contributed by atoms with Crippen molar-refractivity contribution < 1.29 is 0 Å². The van der Waals surface area contributed by atoms with Crippen LogP contribution in [0.2, 0.25) is 0 Å². The summed E-state index contributed by atoms with van der Waals surface area (Å²) in [7, 11) is 0. The molecule has 2 aliphatic rings. The van der Waals surface area contributed by atoms with Gasteiger partial charge < -0.3 is 0 Å². The zero-order valence-corrected chi connectivity index (χ0v) is 9.43. The zero-order chi connectivity index (χ0) is 9.80. The Morgan fingerprint density at radius 3 is 2.31 bits per heavy atom. The van der Waals surface area contributed by atoms with E-state index >= 15 is 0 Å². The van der Waals surface area contributed by atoms with Gasteiger partial charge in [-0.25, -0.2) is 0 Å². The summed E-state index contributed by atoms with van der Waals surface area (Å²) in [6.07, 6.45) is 2.88. The van der Waals surface area contributed by atoms with Crippen molar-refractivity contribution in [2.24, 2.45) is 29.1 Å². The SMILES string of the molecule is C=C1C2CC(CC2C(C)C)C1(C)C. The van der Waals surface area contributed by atoms with E-state index in [9.17, 15) is 0 Å². The molecule has 0 heteroatoms. The lowest BCUT2D eigenvalue weighted by atomic mass is 9.67. The first-order valence-corrected chi connectivity index (χ1v) is 5.64. The van der Waals surface area contributed by atoms with Crippen molar-refractivity contribution in [1.29, 1.82) is 0 Å². The first-order chi connectivity index (χ1) is 5.94. The summed E-state index contributed by atoms with van der Waals surface area (Å²) in [5.74, 6) is 3.56. The molecule has 0 nitrogen and oxygen atoms in total. The first kappa shape index (κ1) is 9.30. The van der Waals surface area contributed by atoms with Gasteiger partial charge in [0.1, 0.15) is 0 Å². The quantitative estimate of drug-likeness (QED) is 0.534. The Morgan fingerprint density at radius 2 is 1.92 bits per heavy atom. The van der Waals surface area contributed by atoms with Crippen molar-refractivity contribution in [2.75, 3.05) is 0 Å². The van der Waals surface area contributed by atoms with Gasteiger partial charge in [-0.1, -0.05) is 39.8 Å². The van der Waals surface area contributed by atoms with Crippen LogP contribution in [0.5, 0.6) is 0 Å². The van der Waals surface area contributed by atoms with Gasteiger partial charge in [0, 0.05) is 0 Å². The average molecular weight is 178 g/mol. The van der Waals surface area contributed by atoms with Gasteiger partial charge in [-0.2, -0.15) is 0 Å². The normalized spacial score (nSPS) is 41.9. The predicted octanol–water partition coefficient (Wildman–Crippen LogP) is 3.88. The van der Waals surface area contributed by atoms with E-state index in [2.05, 4.69) is 34.3 Å². The van der Waals surface area contributed by atoms with Crippen LogP contribution >= 0.6 is 0 Å². The highest BCUT2D eigenvalue weighted by Crippen LogP contribution is 2.62. The third kappa shape index (κ3) is 1.11. The van der Waals surface area contributed by atoms with E-state index < -0.39 is 0 Å². The Balaban J connectivity index is 2.22. The molecule has 0 radical (unpaired) electrons. The molecule has 0 aromatic heterocycles. The summed E-state index contributed by atoms with van der Waals surface area (Å²) in [4.78, 5) is 0. The number of fused-ring (bicyclic) bond motifs is 2. The molecule has 3 unspecified atom stereocenters. The molecule has 3 atom stereocenters. The highest BCUT2D eigenvalue weighted by Gasteiger charge is 2.52. The summed E-state index contributed by atoms with van der Waals surface area (Å²) < 4.78 is 0. The van der Waals surface area contributed by atoms with Crippen molar-refractivity contribution in [3.63, 3.8) is 0 Å². The maximum Gasteiger partial charge on any atom is -0.0116 e. The Kier molecular flexibility index (Phi) is 1.87. The lowest BCUT2D eigenvalue weighted by Gasteiger charge is -2.37. The number of rotatable bonds is 1. The fraction of sp³-hybridized carbons (Fsp3) is 0.846.